The van der Waals surface area contributed by atoms with Gasteiger partial charge in [0.05, 0.1) is 0 Å². The molecule has 0 fully saturated rings. The zero-order valence-corrected chi connectivity index (χ0v) is 14.8. The van der Waals surface area contributed by atoms with Crippen molar-refractivity contribution in [2.75, 3.05) is 5.32 Å². The van der Waals surface area contributed by atoms with E-state index in [4.69, 9.17) is 23.2 Å². The summed E-state index contributed by atoms with van der Waals surface area (Å²) in [5.74, 6) is 1.73. The molecule has 1 aliphatic carbocycles. The summed E-state index contributed by atoms with van der Waals surface area (Å²) in [7, 11) is 0. The molecule has 0 saturated heterocycles. The molecule has 2 aromatic rings. The summed E-state index contributed by atoms with van der Waals surface area (Å²) >= 11 is 12.5. The summed E-state index contributed by atoms with van der Waals surface area (Å²) in [6, 6.07) is 4.96. The first-order valence-corrected chi connectivity index (χ1v) is 8.61. The van der Waals surface area contributed by atoms with Crippen molar-refractivity contribution in [1.82, 2.24) is 14.8 Å². The number of aryl methyl sites for hydroxylation is 1. The largest absolute Gasteiger partial charge is 0.328 e. The Bertz CT molecular complexity index is 887. The van der Waals surface area contributed by atoms with Crippen LogP contribution in [0.4, 0.5) is 5.95 Å². The number of halogens is 2. The van der Waals surface area contributed by atoms with Gasteiger partial charge < -0.3 is 5.32 Å². The van der Waals surface area contributed by atoms with E-state index in [1.54, 1.807) is 16.8 Å². The first-order valence-electron chi connectivity index (χ1n) is 7.85. The van der Waals surface area contributed by atoms with E-state index >= 15 is 0 Å². The molecule has 24 heavy (non-hydrogen) atoms. The molecule has 0 radical (unpaired) electrons. The predicted octanol–water partition coefficient (Wildman–Crippen LogP) is 4.16. The second-order valence-corrected chi connectivity index (χ2v) is 7.29. The quantitative estimate of drug-likeness (QED) is 0.827. The van der Waals surface area contributed by atoms with Gasteiger partial charge in [-0.1, -0.05) is 36.2 Å². The van der Waals surface area contributed by atoms with E-state index < -0.39 is 0 Å². The summed E-state index contributed by atoms with van der Waals surface area (Å²) < 4.78 is 1.75. The molecule has 1 aromatic heterocycles. The van der Waals surface area contributed by atoms with Gasteiger partial charge in [-0.05, 0) is 31.4 Å². The number of allylic oxidation sites excluding steroid dienone is 2. The summed E-state index contributed by atoms with van der Waals surface area (Å²) in [5, 5.41) is 8.85. The van der Waals surface area contributed by atoms with Crippen molar-refractivity contribution in [3.05, 3.63) is 50.9 Å². The number of ketones is 1. The lowest BCUT2D eigenvalue weighted by molar-refractivity contribution is -0.117. The molecule has 2 aliphatic rings. The molecule has 0 saturated carbocycles. The van der Waals surface area contributed by atoms with Crippen molar-refractivity contribution in [3.8, 4) is 0 Å². The van der Waals surface area contributed by atoms with Gasteiger partial charge in [0.15, 0.2) is 5.78 Å². The maximum Gasteiger partial charge on any atom is 0.226 e. The van der Waals surface area contributed by atoms with Crippen LogP contribution in [0.3, 0.4) is 0 Å². The van der Waals surface area contributed by atoms with Gasteiger partial charge in [0, 0.05) is 33.3 Å². The maximum atomic E-state index is 12.8. The molecule has 7 heteroatoms. The first-order chi connectivity index (χ1) is 11.4. The van der Waals surface area contributed by atoms with E-state index in [-0.39, 0.29) is 11.8 Å². The van der Waals surface area contributed by atoms with Crippen LogP contribution in [0.5, 0.6) is 0 Å². The molecule has 0 bridgehead atoms. The van der Waals surface area contributed by atoms with Crippen LogP contribution in [0.25, 0.3) is 0 Å². The van der Waals surface area contributed by atoms with Gasteiger partial charge in [0.1, 0.15) is 11.9 Å². The van der Waals surface area contributed by atoms with Crippen molar-refractivity contribution in [2.24, 2.45) is 5.92 Å². The molecule has 5 nitrogen and oxygen atoms in total. The van der Waals surface area contributed by atoms with E-state index in [9.17, 15) is 4.79 Å². The minimum absolute atomic E-state index is 0.131. The van der Waals surface area contributed by atoms with E-state index in [1.807, 2.05) is 13.0 Å². The summed E-state index contributed by atoms with van der Waals surface area (Å²) in [4.78, 5) is 17.2. The topological polar surface area (TPSA) is 59.8 Å². The average molecular weight is 363 g/mol. The van der Waals surface area contributed by atoms with Gasteiger partial charge in [0.2, 0.25) is 5.95 Å². The molecular weight excluding hydrogens is 347 g/mol. The number of nitrogens with zero attached hydrogens (tertiary/aromatic N) is 3. The highest BCUT2D eigenvalue weighted by Gasteiger charge is 2.39. The van der Waals surface area contributed by atoms with E-state index in [0.717, 1.165) is 23.3 Å². The van der Waals surface area contributed by atoms with Crippen LogP contribution in [-0.2, 0) is 4.79 Å². The van der Waals surface area contributed by atoms with Crippen molar-refractivity contribution >= 4 is 34.9 Å². The number of fused-ring (bicyclic) bond motifs is 1. The molecule has 0 spiro atoms. The van der Waals surface area contributed by atoms with Gasteiger partial charge in [-0.25, -0.2) is 4.68 Å². The fraction of sp³-hybridized carbons (Fsp3) is 0.353. The van der Waals surface area contributed by atoms with Crippen LogP contribution in [0.15, 0.2) is 29.5 Å². The number of rotatable bonds is 1. The molecule has 2 unspecified atom stereocenters. The van der Waals surface area contributed by atoms with E-state index in [0.29, 0.717) is 34.2 Å². The molecule has 4 rings (SSSR count). The SMILES string of the molecule is Cc1nc2n(n1)C(c1ccc(Cl)cc1Cl)C1=C(CC(C)CC1=O)N2. The molecule has 1 aromatic carbocycles. The Morgan fingerprint density at radius 3 is 2.83 bits per heavy atom. The van der Waals surface area contributed by atoms with Crippen LogP contribution in [-0.4, -0.2) is 20.5 Å². The zero-order valence-electron chi connectivity index (χ0n) is 13.3. The molecule has 124 valence electrons. The highest BCUT2D eigenvalue weighted by atomic mass is 35.5. The van der Waals surface area contributed by atoms with Crippen molar-refractivity contribution in [2.45, 2.75) is 32.7 Å². The number of carbonyl (C=O) groups excluding carboxylic acids is 1. The number of Topliss-reactive ketones (excluding diaryl/α,β-unsaturated/α-hetero) is 1. The monoisotopic (exact) mass is 362 g/mol. The van der Waals surface area contributed by atoms with Gasteiger partial charge in [-0.2, -0.15) is 10.1 Å². The Morgan fingerprint density at radius 2 is 2.08 bits per heavy atom. The zero-order chi connectivity index (χ0) is 17.0. The van der Waals surface area contributed by atoms with E-state index in [2.05, 4.69) is 22.3 Å². The molecule has 0 amide bonds. The van der Waals surface area contributed by atoms with Crippen LogP contribution in [0.2, 0.25) is 10.0 Å². The normalized spacial score (nSPS) is 22.9. The Labute approximate surface area is 149 Å². The number of hydrogen-bond acceptors (Lipinski definition) is 4. The van der Waals surface area contributed by atoms with Gasteiger partial charge in [-0.15, -0.1) is 0 Å². The lowest BCUT2D eigenvalue weighted by atomic mass is 9.81. The number of carbonyl (C=O) groups is 1. The van der Waals surface area contributed by atoms with Crippen LogP contribution in [0, 0.1) is 12.8 Å². The third kappa shape index (κ3) is 2.43. The van der Waals surface area contributed by atoms with Crippen molar-refractivity contribution in [1.29, 1.82) is 0 Å². The number of hydrogen-bond donors (Lipinski definition) is 1. The summed E-state index contributed by atoms with van der Waals surface area (Å²) in [6.07, 6.45) is 1.35. The summed E-state index contributed by atoms with van der Waals surface area (Å²) in [5.41, 5.74) is 2.47. The Hall–Kier alpha value is -1.85. The third-order valence-corrected chi connectivity index (χ3v) is 5.05. The highest BCUT2D eigenvalue weighted by molar-refractivity contribution is 6.35. The number of benzene rings is 1. The molecule has 2 atom stereocenters. The average Bonchev–Trinajstić information content (AvgIpc) is 2.85. The smallest absolute Gasteiger partial charge is 0.226 e. The second-order valence-electron chi connectivity index (χ2n) is 6.45. The molecule has 1 aliphatic heterocycles. The Morgan fingerprint density at radius 1 is 1.29 bits per heavy atom. The van der Waals surface area contributed by atoms with Crippen molar-refractivity contribution < 1.29 is 4.79 Å². The molecule has 1 N–H and O–H groups in total. The Kier molecular flexibility index (Phi) is 3.66. The van der Waals surface area contributed by atoms with Crippen LogP contribution >= 0.6 is 23.2 Å². The number of aromatic nitrogens is 3. The molecule has 2 heterocycles. The minimum Gasteiger partial charge on any atom is -0.328 e. The van der Waals surface area contributed by atoms with Gasteiger partial charge in [0.25, 0.3) is 0 Å². The molecular formula is C17H16Cl2N4O. The number of anilines is 1. The fourth-order valence-corrected chi connectivity index (χ4v) is 4.04. The predicted molar refractivity (Wildman–Crippen MR) is 93.4 cm³/mol. The number of nitrogens with one attached hydrogen (secondary N) is 1. The van der Waals surface area contributed by atoms with Crippen LogP contribution in [0.1, 0.15) is 37.2 Å². The summed E-state index contributed by atoms with van der Waals surface area (Å²) in [6.45, 7) is 3.91. The van der Waals surface area contributed by atoms with Gasteiger partial charge in [-0.3, -0.25) is 4.79 Å². The maximum absolute atomic E-state index is 12.8. The van der Waals surface area contributed by atoms with Crippen molar-refractivity contribution in [3.63, 3.8) is 0 Å². The highest BCUT2D eigenvalue weighted by Crippen LogP contribution is 2.43. The second kappa shape index (κ2) is 5.60. The minimum atomic E-state index is -0.373. The Balaban J connectivity index is 1.95. The van der Waals surface area contributed by atoms with E-state index in [1.165, 1.54) is 0 Å². The van der Waals surface area contributed by atoms with Crippen LogP contribution < -0.4 is 5.32 Å². The standard InChI is InChI=1S/C17H16Cl2N4O/c1-8-5-13-15(14(24)6-8)16(11-4-3-10(18)7-12(11)19)23-17(21-13)20-9(2)22-23/h3-4,7-8,16H,5-6H2,1-2H3,(H,20,21,22). The first kappa shape index (κ1) is 15.7. The third-order valence-electron chi connectivity index (χ3n) is 4.49. The fourth-order valence-electron chi connectivity index (χ4n) is 3.52. The lowest BCUT2D eigenvalue weighted by Crippen LogP contribution is -2.33. The lowest BCUT2D eigenvalue weighted by Gasteiger charge is -2.34. The van der Waals surface area contributed by atoms with Gasteiger partial charge >= 0.3 is 0 Å².